The van der Waals surface area contributed by atoms with Crippen molar-refractivity contribution in [3.8, 4) is 0 Å². The molecule has 0 aliphatic carbocycles. The number of hydrogen-bond acceptors (Lipinski definition) is 5. The summed E-state index contributed by atoms with van der Waals surface area (Å²) in [5.41, 5.74) is -0.520. The lowest BCUT2D eigenvalue weighted by Crippen LogP contribution is -2.37. The van der Waals surface area contributed by atoms with Crippen molar-refractivity contribution >= 4 is 23.3 Å². The predicted octanol–water partition coefficient (Wildman–Crippen LogP) is 1.71. The number of carbonyl (C=O) groups excluding carboxylic acids is 2. The van der Waals surface area contributed by atoms with Crippen molar-refractivity contribution in [3.05, 3.63) is 16.1 Å². The molecule has 0 aliphatic rings. The summed E-state index contributed by atoms with van der Waals surface area (Å²) < 4.78 is 5.06. The van der Waals surface area contributed by atoms with Gasteiger partial charge >= 0.3 is 6.09 Å². The topological polar surface area (TPSA) is 80.3 Å². The predicted molar refractivity (Wildman–Crippen MR) is 73.4 cm³/mol. The van der Waals surface area contributed by atoms with Crippen LogP contribution >= 0.6 is 11.3 Å². The molecular formula is C12H19N3O3S. The fraction of sp³-hybridized carbons (Fsp3) is 0.583. The third-order valence-electron chi connectivity index (χ3n) is 1.92. The molecule has 0 unspecified atom stereocenters. The molecule has 7 heteroatoms. The summed E-state index contributed by atoms with van der Waals surface area (Å²) in [6.45, 7) is 7.88. The van der Waals surface area contributed by atoms with Gasteiger partial charge in [0.1, 0.15) is 10.5 Å². The smallest absolute Gasteiger partial charge is 0.407 e. The minimum absolute atomic E-state index is 0.184. The maximum absolute atomic E-state index is 11.6. The van der Waals surface area contributed by atoms with Crippen LogP contribution in [-0.4, -0.2) is 35.7 Å². The van der Waals surface area contributed by atoms with E-state index in [2.05, 4.69) is 15.6 Å². The van der Waals surface area contributed by atoms with Crippen molar-refractivity contribution in [3.63, 3.8) is 0 Å². The quantitative estimate of drug-likeness (QED) is 0.825. The van der Waals surface area contributed by atoms with Gasteiger partial charge in [0.05, 0.1) is 11.2 Å². The first-order chi connectivity index (χ1) is 8.78. The van der Waals surface area contributed by atoms with E-state index in [0.717, 1.165) is 5.01 Å². The molecule has 2 N–H and O–H groups in total. The molecule has 1 aromatic rings. The number of carbonyl (C=O) groups is 2. The van der Waals surface area contributed by atoms with Crippen molar-refractivity contribution in [2.75, 3.05) is 13.1 Å². The van der Waals surface area contributed by atoms with Gasteiger partial charge in [0.15, 0.2) is 0 Å². The van der Waals surface area contributed by atoms with Gasteiger partial charge in [0.25, 0.3) is 5.91 Å². The Hall–Kier alpha value is -1.63. The Bertz CT molecular complexity index is 451. The van der Waals surface area contributed by atoms with Crippen LogP contribution < -0.4 is 10.6 Å². The lowest BCUT2D eigenvalue weighted by molar-refractivity contribution is 0.0526. The molecule has 0 fully saturated rings. The van der Waals surface area contributed by atoms with Gasteiger partial charge in [0, 0.05) is 13.1 Å². The van der Waals surface area contributed by atoms with Crippen LogP contribution in [0.3, 0.4) is 0 Å². The number of alkyl carbamates (subject to hydrolysis) is 1. The summed E-state index contributed by atoms with van der Waals surface area (Å²) in [7, 11) is 0. The van der Waals surface area contributed by atoms with Gasteiger partial charge in [0.2, 0.25) is 0 Å². The first kappa shape index (κ1) is 15.4. The molecule has 0 aromatic carbocycles. The number of rotatable bonds is 4. The Balaban J connectivity index is 2.21. The molecular weight excluding hydrogens is 266 g/mol. The molecule has 0 saturated heterocycles. The number of aromatic nitrogens is 1. The van der Waals surface area contributed by atoms with Crippen LogP contribution in [0.15, 0.2) is 6.20 Å². The van der Waals surface area contributed by atoms with Crippen molar-refractivity contribution < 1.29 is 14.3 Å². The summed E-state index contributed by atoms with van der Waals surface area (Å²) in [4.78, 5) is 27.5. The van der Waals surface area contributed by atoms with Gasteiger partial charge in [-0.05, 0) is 27.7 Å². The van der Waals surface area contributed by atoms with Crippen LogP contribution in [0.25, 0.3) is 0 Å². The highest BCUT2D eigenvalue weighted by atomic mass is 32.1. The molecule has 0 radical (unpaired) electrons. The summed E-state index contributed by atoms with van der Waals surface area (Å²) in [6.07, 6.45) is 1.05. The SMILES string of the molecule is Cc1ncc(C(=O)NCCNC(=O)OC(C)(C)C)s1. The van der Waals surface area contributed by atoms with Crippen LogP contribution in [-0.2, 0) is 4.74 Å². The maximum atomic E-state index is 11.6. The summed E-state index contributed by atoms with van der Waals surface area (Å²) in [5.74, 6) is -0.184. The number of nitrogens with zero attached hydrogens (tertiary/aromatic N) is 1. The summed E-state index contributed by atoms with van der Waals surface area (Å²) >= 11 is 1.33. The monoisotopic (exact) mass is 285 g/mol. The van der Waals surface area contributed by atoms with E-state index in [4.69, 9.17) is 4.74 Å². The third-order valence-corrected chi connectivity index (χ3v) is 2.84. The number of thiazole rings is 1. The molecule has 0 spiro atoms. The number of nitrogens with one attached hydrogen (secondary N) is 2. The molecule has 0 bridgehead atoms. The Kier molecular flexibility index (Phi) is 5.29. The third kappa shape index (κ3) is 6.19. The Morgan fingerprint density at radius 1 is 1.32 bits per heavy atom. The molecule has 1 heterocycles. The zero-order chi connectivity index (χ0) is 14.5. The second-order valence-corrected chi connectivity index (χ2v) is 6.16. The van der Waals surface area contributed by atoms with E-state index < -0.39 is 11.7 Å². The zero-order valence-corrected chi connectivity index (χ0v) is 12.4. The second-order valence-electron chi connectivity index (χ2n) is 4.93. The van der Waals surface area contributed by atoms with E-state index in [1.54, 1.807) is 20.8 Å². The highest BCUT2D eigenvalue weighted by Gasteiger charge is 2.15. The van der Waals surface area contributed by atoms with E-state index in [-0.39, 0.29) is 5.91 Å². The fourth-order valence-electron chi connectivity index (χ4n) is 1.21. The molecule has 0 atom stereocenters. The van der Waals surface area contributed by atoms with Gasteiger partial charge in [-0.25, -0.2) is 9.78 Å². The van der Waals surface area contributed by atoms with E-state index in [9.17, 15) is 9.59 Å². The Morgan fingerprint density at radius 2 is 1.95 bits per heavy atom. The van der Waals surface area contributed by atoms with Crippen molar-refractivity contribution in [2.24, 2.45) is 0 Å². The molecule has 0 saturated carbocycles. The lowest BCUT2D eigenvalue weighted by Gasteiger charge is -2.19. The van der Waals surface area contributed by atoms with Crippen molar-refractivity contribution in [1.29, 1.82) is 0 Å². The largest absolute Gasteiger partial charge is 0.444 e. The summed E-state index contributed by atoms with van der Waals surface area (Å²) in [6, 6.07) is 0. The van der Waals surface area contributed by atoms with Crippen LogP contribution in [0.1, 0.15) is 35.5 Å². The molecule has 106 valence electrons. The van der Waals surface area contributed by atoms with E-state index in [0.29, 0.717) is 18.0 Å². The highest BCUT2D eigenvalue weighted by molar-refractivity contribution is 7.13. The van der Waals surface area contributed by atoms with Gasteiger partial charge < -0.3 is 15.4 Å². The number of ether oxygens (including phenoxy) is 1. The van der Waals surface area contributed by atoms with E-state index in [1.807, 2.05) is 6.92 Å². The average molecular weight is 285 g/mol. The molecule has 1 rings (SSSR count). The minimum Gasteiger partial charge on any atom is -0.444 e. The Labute approximate surface area is 116 Å². The number of aryl methyl sites for hydroxylation is 1. The molecule has 1 aromatic heterocycles. The average Bonchev–Trinajstić information content (AvgIpc) is 2.68. The van der Waals surface area contributed by atoms with Crippen LogP contribution in [0.4, 0.5) is 4.79 Å². The molecule has 0 aliphatic heterocycles. The fourth-order valence-corrected chi connectivity index (χ4v) is 1.90. The maximum Gasteiger partial charge on any atom is 0.407 e. The van der Waals surface area contributed by atoms with Crippen LogP contribution in [0.2, 0.25) is 0 Å². The van der Waals surface area contributed by atoms with Gasteiger partial charge in [-0.2, -0.15) is 0 Å². The van der Waals surface area contributed by atoms with Gasteiger partial charge in [-0.1, -0.05) is 0 Å². The van der Waals surface area contributed by atoms with E-state index in [1.165, 1.54) is 17.5 Å². The minimum atomic E-state index is -0.520. The zero-order valence-electron chi connectivity index (χ0n) is 11.6. The normalized spacial score (nSPS) is 10.9. The first-order valence-corrected chi connectivity index (χ1v) is 6.77. The van der Waals surface area contributed by atoms with Crippen molar-refractivity contribution in [2.45, 2.75) is 33.3 Å². The van der Waals surface area contributed by atoms with Gasteiger partial charge in [-0.3, -0.25) is 4.79 Å². The molecule has 6 nitrogen and oxygen atoms in total. The van der Waals surface area contributed by atoms with Crippen LogP contribution in [0, 0.1) is 6.92 Å². The molecule has 19 heavy (non-hydrogen) atoms. The van der Waals surface area contributed by atoms with Gasteiger partial charge in [-0.15, -0.1) is 11.3 Å². The van der Waals surface area contributed by atoms with E-state index >= 15 is 0 Å². The standard InChI is InChI=1S/C12H19N3O3S/c1-8-15-7-9(19-8)10(16)13-5-6-14-11(17)18-12(2,3)4/h7H,5-6H2,1-4H3,(H,13,16)(H,14,17). The lowest BCUT2D eigenvalue weighted by atomic mass is 10.2. The number of amides is 2. The second kappa shape index (κ2) is 6.51. The van der Waals surface area contributed by atoms with Crippen molar-refractivity contribution in [1.82, 2.24) is 15.6 Å². The molecule has 2 amide bonds. The first-order valence-electron chi connectivity index (χ1n) is 5.95. The summed E-state index contributed by atoms with van der Waals surface area (Å²) in [5, 5.41) is 6.10. The number of hydrogen-bond donors (Lipinski definition) is 2. The Morgan fingerprint density at radius 3 is 2.47 bits per heavy atom. The highest BCUT2D eigenvalue weighted by Crippen LogP contribution is 2.10. The van der Waals surface area contributed by atoms with Crippen LogP contribution in [0.5, 0.6) is 0 Å².